The number of nitrogens with zero attached hydrogens (tertiary/aromatic N) is 2. The van der Waals surface area contributed by atoms with Crippen LogP contribution in [0.4, 0.5) is 4.39 Å². The first-order chi connectivity index (χ1) is 12.6. The number of carbonyl (C=O) groups is 1. The van der Waals surface area contributed by atoms with Crippen LogP contribution < -0.4 is 4.74 Å². The molecule has 2 heterocycles. The molecule has 1 saturated heterocycles. The molecule has 0 unspecified atom stereocenters. The molecule has 0 saturated carbocycles. The quantitative estimate of drug-likeness (QED) is 0.736. The summed E-state index contributed by atoms with van der Waals surface area (Å²) in [5.41, 5.74) is 1.77. The van der Waals surface area contributed by atoms with Gasteiger partial charge in [-0.1, -0.05) is 6.07 Å². The number of piperazine rings is 1. The third kappa shape index (κ3) is 4.23. The van der Waals surface area contributed by atoms with Gasteiger partial charge >= 0.3 is 5.97 Å². The maximum atomic E-state index is 13.8. The van der Waals surface area contributed by atoms with E-state index in [0.717, 1.165) is 37.3 Å². The van der Waals surface area contributed by atoms with E-state index in [1.54, 1.807) is 12.1 Å². The number of halogens is 1. The van der Waals surface area contributed by atoms with Crippen LogP contribution in [0.1, 0.15) is 21.7 Å². The van der Waals surface area contributed by atoms with Crippen molar-refractivity contribution in [1.82, 2.24) is 9.80 Å². The fourth-order valence-electron chi connectivity index (χ4n) is 3.14. The molecule has 0 atom stereocenters. The van der Waals surface area contributed by atoms with Crippen LogP contribution >= 0.6 is 0 Å². The lowest BCUT2D eigenvalue weighted by Crippen LogP contribution is -2.45. The molecule has 3 rings (SSSR count). The Morgan fingerprint density at radius 3 is 2.42 bits per heavy atom. The molecule has 0 spiro atoms. The molecule has 140 valence electrons. The molecule has 0 bridgehead atoms. The topological polar surface area (TPSA) is 55.2 Å². The molecule has 0 N–H and O–H groups in total. The number of benzene rings is 1. The molecule has 1 aromatic heterocycles. The predicted molar refractivity (Wildman–Crippen MR) is 93.6 cm³/mol. The van der Waals surface area contributed by atoms with Crippen LogP contribution in [-0.4, -0.2) is 56.2 Å². The SMILES string of the molecule is COC(=O)c1occc1CN1CCN(Cc2ccc(OC)c(F)c2)CC1. The van der Waals surface area contributed by atoms with E-state index in [9.17, 15) is 9.18 Å². The average Bonchev–Trinajstić information content (AvgIpc) is 3.11. The summed E-state index contributed by atoms with van der Waals surface area (Å²) in [4.78, 5) is 16.2. The van der Waals surface area contributed by atoms with Crippen molar-refractivity contribution in [2.45, 2.75) is 13.1 Å². The summed E-state index contributed by atoms with van der Waals surface area (Å²) in [5.74, 6) is -0.257. The zero-order valence-electron chi connectivity index (χ0n) is 15.0. The van der Waals surface area contributed by atoms with Crippen LogP contribution in [0.2, 0.25) is 0 Å². The minimum atomic E-state index is -0.454. The van der Waals surface area contributed by atoms with E-state index >= 15 is 0 Å². The van der Waals surface area contributed by atoms with Crippen LogP contribution in [0.25, 0.3) is 0 Å². The van der Waals surface area contributed by atoms with Gasteiger partial charge in [0, 0.05) is 44.8 Å². The number of hydrogen-bond acceptors (Lipinski definition) is 6. The second-order valence-electron chi connectivity index (χ2n) is 6.29. The van der Waals surface area contributed by atoms with Crippen LogP contribution in [0.15, 0.2) is 34.9 Å². The van der Waals surface area contributed by atoms with E-state index in [0.29, 0.717) is 13.1 Å². The van der Waals surface area contributed by atoms with Gasteiger partial charge in [-0.15, -0.1) is 0 Å². The van der Waals surface area contributed by atoms with Gasteiger partial charge < -0.3 is 13.9 Å². The van der Waals surface area contributed by atoms with Gasteiger partial charge in [0.05, 0.1) is 20.5 Å². The lowest BCUT2D eigenvalue weighted by Gasteiger charge is -2.34. The smallest absolute Gasteiger partial charge is 0.374 e. The van der Waals surface area contributed by atoms with Crippen molar-refractivity contribution in [2.24, 2.45) is 0 Å². The molecule has 6 nitrogen and oxygen atoms in total. The molecule has 26 heavy (non-hydrogen) atoms. The Labute approximate surface area is 152 Å². The van der Waals surface area contributed by atoms with Crippen LogP contribution in [0.3, 0.4) is 0 Å². The van der Waals surface area contributed by atoms with E-state index in [-0.39, 0.29) is 17.3 Å². The van der Waals surface area contributed by atoms with Gasteiger partial charge in [-0.05, 0) is 23.8 Å². The highest BCUT2D eigenvalue weighted by Gasteiger charge is 2.22. The van der Waals surface area contributed by atoms with Crippen LogP contribution in [0.5, 0.6) is 5.75 Å². The third-order valence-corrected chi connectivity index (χ3v) is 4.60. The number of ether oxygens (including phenoxy) is 2. The number of hydrogen-bond donors (Lipinski definition) is 0. The summed E-state index contributed by atoms with van der Waals surface area (Å²) < 4.78 is 28.7. The van der Waals surface area contributed by atoms with Gasteiger partial charge in [0.1, 0.15) is 0 Å². The van der Waals surface area contributed by atoms with Crippen molar-refractivity contribution in [1.29, 1.82) is 0 Å². The summed E-state index contributed by atoms with van der Waals surface area (Å²) in [6.07, 6.45) is 1.51. The summed E-state index contributed by atoms with van der Waals surface area (Å²) in [6.45, 7) is 4.83. The fraction of sp³-hybridized carbons (Fsp3) is 0.421. The van der Waals surface area contributed by atoms with E-state index in [1.165, 1.54) is 26.5 Å². The number of furan rings is 1. The van der Waals surface area contributed by atoms with E-state index in [4.69, 9.17) is 13.9 Å². The highest BCUT2D eigenvalue weighted by molar-refractivity contribution is 5.87. The Hall–Kier alpha value is -2.38. The zero-order chi connectivity index (χ0) is 18.5. The van der Waals surface area contributed by atoms with Crippen molar-refractivity contribution >= 4 is 5.97 Å². The highest BCUT2D eigenvalue weighted by atomic mass is 19.1. The second-order valence-corrected chi connectivity index (χ2v) is 6.29. The molecule has 2 aromatic rings. The second kappa shape index (κ2) is 8.33. The third-order valence-electron chi connectivity index (χ3n) is 4.60. The molecule has 7 heteroatoms. The summed E-state index contributed by atoms with van der Waals surface area (Å²) in [5, 5.41) is 0. The normalized spacial score (nSPS) is 15.8. The molecule has 1 aliphatic heterocycles. The number of methoxy groups -OCH3 is 2. The molecular formula is C19H23FN2O4. The van der Waals surface area contributed by atoms with Crippen LogP contribution in [0, 0.1) is 5.82 Å². The van der Waals surface area contributed by atoms with Crippen LogP contribution in [-0.2, 0) is 17.8 Å². The minimum Gasteiger partial charge on any atom is -0.494 e. The standard InChI is InChI=1S/C19H23FN2O4/c1-24-17-4-3-14(11-16(17)20)12-21-6-8-22(9-7-21)13-15-5-10-26-18(15)19(23)25-2/h3-5,10-11H,6-9,12-13H2,1-2H3. The van der Waals surface area contributed by atoms with Crippen molar-refractivity contribution in [3.63, 3.8) is 0 Å². The van der Waals surface area contributed by atoms with Crippen molar-refractivity contribution in [3.8, 4) is 5.75 Å². The Kier molecular flexibility index (Phi) is 5.90. The first-order valence-electron chi connectivity index (χ1n) is 8.52. The first-order valence-corrected chi connectivity index (χ1v) is 8.52. The molecular weight excluding hydrogens is 339 g/mol. The molecule has 1 fully saturated rings. The number of rotatable bonds is 6. The van der Waals surface area contributed by atoms with Gasteiger partial charge in [-0.25, -0.2) is 9.18 Å². The van der Waals surface area contributed by atoms with Gasteiger partial charge in [0.2, 0.25) is 5.76 Å². The molecule has 0 radical (unpaired) electrons. The number of carbonyl (C=O) groups excluding carboxylic acids is 1. The fourth-order valence-corrected chi connectivity index (χ4v) is 3.14. The Morgan fingerprint density at radius 2 is 1.81 bits per heavy atom. The maximum Gasteiger partial charge on any atom is 0.374 e. The first kappa shape index (κ1) is 18.4. The Balaban J connectivity index is 1.52. The Bertz CT molecular complexity index is 754. The van der Waals surface area contributed by atoms with E-state index in [2.05, 4.69) is 9.80 Å². The maximum absolute atomic E-state index is 13.8. The molecule has 0 aliphatic carbocycles. The lowest BCUT2D eigenvalue weighted by atomic mass is 10.1. The summed E-state index contributed by atoms with van der Waals surface area (Å²) in [7, 11) is 2.80. The number of esters is 1. The Morgan fingerprint density at radius 1 is 1.12 bits per heavy atom. The van der Waals surface area contributed by atoms with Gasteiger partial charge in [0.15, 0.2) is 11.6 Å². The predicted octanol–water partition coefficient (Wildman–Crippen LogP) is 2.53. The van der Waals surface area contributed by atoms with Gasteiger partial charge in [-0.3, -0.25) is 9.80 Å². The van der Waals surface area contributed by atoms with E-state index < -0.39 is 5.97 Å². The monoisotopic (exact) mass is 362 g/mol. The summed E-state index contributed by atoms with van der Waals surface area (Å²) in [6, 6.07) is 6.88. The molecule has 1 aromatic carbocycles. The van der Waals surface area contributed by atoms with Gasteiger partial charge in [0.25, 0.3) is 0 Å². The van der Waals surface area contributed by atoms with E-state index in [1.807, 2.05) is 6.07 Å². The largest absolute Gasteiger partial charge is 0.494 e. The van der Waals surface area contributed by atoms with Gasteiger partial charge in [-0.2, -0.15) is 0 Å². The highest BCUT2D eigenvalue weighted by Crippen LogP contribution is 2.20. The average molecular weight is 362 g/mol. The van der Waals surface area contributed by atoms with Crippen molar-refractivity contribution in [2.75, 3.05) is 40.4 Å². The summed E-state index contributed by atoms with van der Waals surface area (Å²) >= 11 is 0. The van der Waals surface area contributed by atoms with Crippen molar-refractivity contribution in [3.05, 3.63) is 53.2 Å². The zero-order valence-corrected chi connectivity index (χ0v) is 15.0. The lowest BCUT2D eigenvalue weighted by molar-refractivity contribution is 0.0559. The molecule has 0 amide bonds. The van der Waals surface area contributed by atoms with Crippen molar-refractivity contribution < 1.29 is 23.1 Å². The molecule has 1 aliphatic rings. The minimum absolute atomic E-state index is 0.264.